The summed E-state index contributed by atoms with van der Waals surface area (Å²) in [5, 5.41) is 3.99. The first-order valence-electron chi connectivity index (χ1n) is 11.3. The molecule has 0 bridgehead atoms. The van der Waals surface area contributed by atoms with Gasteiger partial charge in [0.1, 0.15) is 0 Å². The van der Waals surface area contributed by atoms with Crippen molar-refractivity contribution in [3.05, 3.63) is 112 Å². The molecule has 0 aliphatic carbocycles. The molecule has 184 valence electrons. The van der Waals surface area contributed by atoms with Crippen molar-refractivity contribution >= 4 is 38.9 Å². The van der Waals surface area contributed by atoms with Gasteiger partial charge >= 0.3 is 6.18 Å². The number of anilines is 1. The predicted octanol–water partition coefficient (Wildman–Crippen LogP) is 7.45. The molecule has 1 N–H and O–H groups in total. The van der Waals surface area contributed by atoms with Crippen LogP contribution in [-0.2, 0) is 6.18 Å². The number of nitrogens with zero attached hydrogens (tertiary/aromatic N) is 3. The number of pyridine rings is 1. The molecule has 0 amide bonds. The number of aryl methyl sites for hydroxylation is 1. The lowest BCUT2D eigenvalue weighted by atomic mass is 9.96. The molecule has 4 aromatic rings. The van der Waals surface area contributed by atoms with Crippen LogP contribution in [0.15, 0.2) is 83.5 Å². The third-order valence-corrected chi connectivity index (χ3v) is 7.27. The van der Waals surface area contributed by atoms with Crippen molar-refractivity contribution in [3.8, 4) is 5.69 Å². The number of hydrogen-bond acceptors (Lipinski definition) is 2. The monoisotopic (exact) mass is 570 g/mol. The van der Waals surface area contributed by atoms with Gasteiger partial charge in [-0.1, -0.05) is 28.1 Å². The van der Waals surface area contributed by atoms with Crippen LogP contribution in [-0.4, -0.2) is 14.7 Å². The fourth-order valence-corrected chi connectivity index (χ4v) is 5.47. The van der Waals surface area contributed by atoms with Crippen molar-refractivity contribution < 1.29 is 13.2 Å². The summed E-state index contributed by atoms with van der Waals surface area (Å²) in [6.07, 6.45) is -2.68. The molecule has 9 heteroatoms. The van der Waals surface area contributed by atoms with Gasteiger partial charge in [-0.05, 0) is 92.3 Å². The summed E-state index contributed by atoms with van der Waals surface area (Å²) in [6, 6.07) is 20.5. The Hall–Kier alpha value is -3.17. The second-order valence-electron chi connectivity index (χ2n) is 8.68. The Morgan fingerprint density at radius 2 is 1.69 bits per heavy atom. The van der Waals surface area contributed by atoms with Crippen LogP contribution in [0, 0.1) is 13.8 Å². The van der Waals surface area contributed by atoms with Gasteiger partial charge in [-0.25, -0.2) is 0 Å². The number of aromatic nitrogens is 2. The second kappa shape index (κ2) is 9.37. The topological polar surface area (TPSA) is 33.1 Å². The number of nitrogens with one attached hydrogen (secondary N) is 1. The van der Waals surface area contributed by atoms with Crippen LogP contribution in [0.5, 0.6) is 0 Å². The third kappa shape index (κ3) is 4.41. The highest BCUT2D eigenvalue weighted by molar-refractivity contribution is 9.10. The van der Waals surface area contributed by atoms with E-state index in [2.05, 4.69) is 31.1 Å². The van der Waals surface area contributed by atoms with Crippen molar-refractivity contribution in [3.63, 3.8) is 0 Å². The molecule has 0 spiro atoms. The Morgan fingerprint density at radius 3 is 2.36 bits per heavy atom. The van der Waals surface area contributed by atoms with E-state index >= 15 is 0 Å². The van der Waals surface area contributed by atoms with E-state index in [1.807, 2.05) is 66.9 Å². The van der Waals surface area contributed by atoms with Gasteiger partial charge in [0.25, 0.3) is 0 Å². The molecule has 0 saturated carbocycles. The van der Waals surface area contributed by atoms with E-state index in [0.717, 1.165) is 38.9 Å². The summed E-state index contributed by atoms with van der Waals surface area (Å²) in [6.45, 7) is 3.83. The Balaban J connectivity index is 1.67. The molecule has 0 unspecified atom stereocenters. The molecule has 3 heterocycles. The van der Waals surface area contributed by atoms with Gasteiger partial charge in [0.05, 0.1) is 23.3 Å². The molecular formula is C27H22BrF3N4S. The van der Waals surface area contributed by atoms with E-state index in [4.69, 9.17) is 12.2 Å². The third-order valence-electron chi connectivity index (χ3n) is 6.42. The van der Waals surface area contributed by atoms with Gasteiger partial charge in [-0.15, -0.1) is 0 Å². The average molecular weight is 571 g/mol. The molecule has 0 radical (unpaired) electrons. The molecule has 1 aliphatic heterocycles. The molecule has 36 heavy (non-hydrogen) atoms. The zero-order valence-electron chi connectivity index (χ0n) is 19.4. The molecule has 1 fully saturated rings. The lowest BCUT2D eigenvalue weighted by Crippen LogP contribution is -2.29. The minimum absolute atomic E-state index is 0.252. The molecule has 5 rings (SSSR count). The Bertz CT molecular complexity index is 1420. The summed E-state index contributed by atoms with van der Waals surface area (Å²) >= 11 is 9.27. The molecular weight excluding hydrogens is 549 g/mol. The SMILES string of the molecule is Cc1cc([C@H]2[C@@H](c3ccccn3)NC(=S)N2c2ccc(Br)cc2)c(C)n1-c1cccc(C(F)(F)F)c1. The molecule has 2 atom stereocenters. The van der Waals surface area contributed by atoms with Gasteiger partial charge in [-0.3, -0.25) is 4.98 Å². The van der Waals surface area contributed by atoms with Gasteiger partial charge in [0.15, 0.2) is 5.11 Å². The minimum atomic E-state index is -4.42. The minimum Gasteiger partial charge on any atom is -0.351 e. The summed E-state index contributed by atoms with van der Waals surface area (Å²) in [5.74, 6) is 0. The highest BCUT2D eigenvalue weighted by Gasteiger charge is 2.42. The smallest absolute Gasteiger partial charge is 0.351 e. The van der Waals surface area contributed by atoms with Crippen molar-refractivity contribution in [1.82, 2.24) is 14.9 Å². The molecule has 4 nitrogen and oxygen atoms in total. The summed E-state index contributed by atoms with van der Waals surface area (Å²) in [7, 11) is 0. The maximum absolute atomic E-state index is 13.4. The van der Waals surface area contributed by atoms with Gasteiger partial charge in [-0.2, -0.15) is 13.2 Å². The van der Waals surface area contributed by atoms with E-state index in [1.54, 1.807) is 12.3 Å². The number of alkyl halides is 3. The summed E-state index contributed by atoms with van der Waals surface area (Å²) < 4.78 is 43.1. The van der Waals surface area contributed by atoms with E-state index in [0.29, 0.717) is 10.8 Å². The maximum atomic E-state index is 13.4. The van der Waals surface area contributed by atoms with E-state index in [-0.39, 0.29) is 12.1 Å². The highest BCUT2D eigenvalue weighted by atomic mass is 79.9. The van der Waals surface area contributed by atoms with Gasteiger partial charge in [0, 0.05) is 33.4 Å². The molecule has 1 aliphatic rings. The van der Waals surface area contributed by atoms with Crippen LogP contribution in [0.1, 0.15) is 40.3 Å². The fraction of sp³-hybridized carbons (Fsp3) is 0.185. The summed E-state index contributed by atoms with van der Waals surface area (Å²) in [5.41, 5.74) is 4.14. The standard InChI is InChI=1S/C27H22BrF3N4S/c1-16-14-22(17(2)34(16)21-7-5-6-18(15-21)27(29,30)31)25-24(23-8-3-4-13-32-23)33-26(36)35(25)20-11-9-19(28)10-12-20/h3-15,24-25H,1-2H3,(H,33,36)/t24-,25+/m1/s1. The van der Waals surface area contributed by atoms with E-state index in [9.17, 15) is 13.2 Å². The Morgan fingerprint density at radius 1 is 0.944 bits per heavy atom. The second-order valence-corrected chi connectivity index (χ2v) is 9.99. The maximum Gasteiger partial charge on any atom is 0.416 e. The van der Waals surface area contributed by atoms with Crippen LogP contribution in [0.4, 0.5) is 18.9 Å². The van der Waals surface area contributed by atoms with Crippen LogP contribution in [0.3, 0.4) is 0 Å². The van der Waals surface area contributed by atoms with Crippen LogP contribution in [0.25, 0.3) is 5.69 Å². The Kier molecular flexibility index (Phi) is 6.38. The normalized spacial score (nSPS) is 17.9. The number of halogens is 4. The van der Waals surface area contributed by atoms with Crippen molar-refractivity contribution in [1.29, 1.82) is 0 Å². The first-order valence-corrected chi connectivity index (χ1v) is 12.5. The molecule has 2 aromatic heterocycles. The zero-order valence-corrected chi connectivity index (χ0v) is 21.8. The first-order chi connectivity index (χ1) is 17.1. The van der Waals surface area contributed by atoms with Crippen LogP contribution in [0.2, 0.25) is 0 Å². The van der Waals surface area contributed by atoms with Gasteiger partial charge in [0.2, 0.25) is 0 Å². The number of thiocarbonyl (C=S) groups is 1. The number of hydrogen-bond donors (Lipinski definition) is 1. The van der Waals surface area contributed by atoms with Crippen LogP contribution < -0.4 is 10.2 Å². The van der Waals surface area contributed by atoms with E-state index < -0.39 is 11.7 Å². The zero-order chi connectivity index (χ0) is 25.6. The molecule has 1 saturated heterocycles. The van der Waals surface area contributed by atoms with E-state index in [1.165, 1.54) is 12.1 Å². The quantitative estimate of drug-likeness (QED) is 0.258. The summed E-state index contributed by atoms with van der Waals surface area (Å²) in [4.78, 5) is 6.64. The number of rotatable bonds is 4. The Labute approximate surface area is 220 Å². The predicted molar refractivity (Wildman–Crippen MR) is 142 cm³/mol. The number of benzene rings is 2. The first kappa shape index (κ1) is 24.5. The molecule has 2 aromatic carbocycles. The lowest BCUT2D eigenvalue weighted by Gasteiger charge is -2.28. The van der Waals surface area contributed by atoms with Gasteiger partial charge < -0.3 is 14.8 Å². The highest BCUT2D eigenvalue weighted by Crippen LogP contribution is 2.44. The average Bonchev–Trinajstić information content (AvgIpc) is 3.35. The lowest BCUT2D eigenvalue weighted by molar-refractivity contribution is -0.137. The fourth-order valence-electron chi connectivity index (χ4n) is 4.86. The largest absolute Gasteiger partial charge is 0.416 e. The van der Waals surface area contributed by atoms with Crippen molar-refractivity contribution in [2.75, 3.05) is 4.90 Å². The van der Waals surface area contributed by atoms with Crippen LogP contribution >= 0.6 is 28.1 Å². The van der Waals surface area contributed by atoms with Crippen molar-refractivity contribution in [2.45, 2.75) is 32.1 Å². The van der Waals surface area contributed by atoms with Crippen molar-refractivity contribution in [2.24, 2.45) is 0 Å².